The van der Waals surface area contributed by atoms with Gasteiger partial charge in [0, 0.05) is 11.1 Å². The van der Waals surface area contributed by atoms with Crippen molar-refractivity contribution in [3.8, 4) is 5.75 Å². The van der Waals surface area contributed by atoms with Gasteiger partial charge < -0.3 is 26.0 Å². The van der Waals surface area contributed by atoms with Gasteiger partial charge in [-0.15, -0.1) is 25.6 Å². The van der Waals surface area contributed by atoms with E-state index in [0.717, 1.165) is 23.8 Å². The molecule has 5 N–H and O–H groups in total. The molecule has 7 nitrogen and oxygen atoms in total. The number of nitrogens with two attached hydrogens (primary N) is 1. The van der Waals surface area contributed by atoms with Crippen molar-refractivity contribution in [3.05, 3.63) is 64.7 Å². The minimum Gasteiger partial charge on any atom is -0.479 e. The Morgan fingerprint density at radius 3 is 2.32 bits per heavy atom. The van der Waals surface area contributed by atoms with Crippen LogP contribution in [0, 0.1) is 0 Å². The predicted molar refractivity (Wildman–Crippen MR) is 108 cm³/mol. The van der Waals surface area contributed by atoms with Gasteiger partial charge in [-0.05, 0) is 35.7 Å². The van der Waals surface area contributed by atoms with Crippen LogP contribution < -0.4 is 15.8 Å². The number of aliphatic carboxylic acids is 1. The maximum atomic E-state index is 12.4. The number of hydrogen-bond donors (Lipinski definition) is 4. The second-order valence-corrected chi connectivity index (χ2v) is 6.78. The Bertz CT molecular complexity index is 900. The van der Waals surface area contributed by atoms with Gasteiger partial charge in [-0.25, -0.2) is 4.79 Å². The molecular formula is C19H19Cl2F3N2O5. The van der Waals surface area contributed by atoms with E-state index in [4.69, 9.17) is 17.3 Å². The van der Waals surface area contributed by atoms with Crippen molar-refractivity contribution < 1.29 is 37.7 Å². The smallest absolute Gasteiger partial charge is 0.479 e. The molecule has 0 aliphatic carbocycles. The maximum Gasteiger partial charge on any atom is 0.573 e. The molecule has 0 saturated heterocycles. The summed E-state index contributed by atoms with van der Waals surface area (Å²) in [7, 11) is 0. The minimum atomic E-state index is -5.02. The second-order valence-electron chi connectivity index (χ2n) is 6.35. The fraction of sp³-hybridized carbons (Fsp3) is 0.263. The predicted octanol–water partition coefficient (Wildman–Crippen LogP) is 2.83. The molecule has 0 radical (unpaired) electrons. The largest absolute Gasteiger partial charge is 0.573 e. The number of alkyl halides is 3. The topological polar surface area (TPSA) is 122 Å². The highest BCUT2D eigenvalue weighted by atomic mass is 35.5. The Morgan fingerprint density at radius 1 is 1.16 bits per heavy atom. The molecule has 0 spiro atoms. The van der Waals surface area contributed by atoms with E-state index in [2.05, 4.69) is 10.1 Å². The molecule has 0 aromatic heterocycles. The third-order valence-electron chi connectivity index (χ3n) is 3.98. The van der Waals surface area contributed by atoms with E-state index in [1.54, 1.807) is 30.3 Å². The monoisotopic (exact) mass is 482 g/mol. The first-order chi connectivity index (χ1) is 14.0. The van der Waals surface area contributed by atoms with Crippen molar-refractivity contribution in [2.24, 2.45) is 5.73 Å². The number of rotatable bonds is 8. The first kappa shape index (κ1) is 26.5. The van der Waals surface area contributed by atoms with Crippen molar-refractivity contribution in [1.82, 2.24) is 5.32 Å². The maximum absolute atomic E-state index is 12.4. The molecule has 0 bridgehead atoms. The number of halogens is 5. The number of carbonyl (C=O) groups is 2. The van der Waals surface area contributed by atoms with Crippen LogP contribution in [0.4, 0.5) is 13.2 Å². The van der Waals surface area contributed by atoms with E-state index < -0.39 is 42.2 Å². The van der Waals surface area contributed by atoms with Gasteiger partial charge in [-0.2, -0.15) is 0 Å². The number of aliphatic hydroxyl groups excluding tert-OH is 1. The Kier molecular flexibility index (Phi) is 9.57. The van der Waals surface area contributed by atoms with Gasteiger partial charge in [-0.1, -0.05) is 41.9 Å². The van der Waals surface area contributed by atoms with Crippen LogP contribution in [0.3, 0.4) is 0 Å². The van der Waals surface area contributed by atoms with Crippen LogP contribution in [0.5, 0.6) is 5.75 Å². The number of carboxylic acid groups (broad SMARTS) is 1. The van der Waals surface area contributed by atoms with Crippen LogP contribution in [0.25, 0.3) is 0 Å². The van der Waals surface area contributed by atoms with E-state index in [-0.39, 0.29) is 29.4 Å². The van der Waals surface area contributed by atoms with E-state index >= 15 is 0 Å². The summed E-state index contributed by atoms with van der Waals surface area (Å²) in [6.45, 7) is 0. The molecule has 12 heteroatoms. The molecule has 170 valence electrons. The van der Waals surface area contributed by atoms with Crippen molar-refractivity contribution in [2.75, 3.05) is 0 Å². The molecular weight excluding hydrogens is 464 g/mol. The summed E-state index contributed by atoms with van der Waals surface area (Å²) in [5.41, 5.74) is 6.29. The Labute approximate surface area is 186 Å². The molecule has 0 unspecified atom stereocenters. The van der Waals surface area contributed by atoms with Crippen LogP contribution in [0.2, 0.25) is 5.02 Å². The number of carboxylic acids is 1. The van der Waals surface area contributed by atoms with Gasteiger partial charge in [-0.3, -0.25) is 4.79 Å². The molecule has 2 aromatic rings. The zero-order chi connectivity index (χ0) is 22.5. The molecule has 2 aromatic carbocycles. The van der Waals surface area contributed by atoms with Crippen LogP contribution in [-0.2, 0) is 16.0 Å². The number of nitrogens with one attached hydrogen (secondary N) is 1. The van der Waals surface area contributed by atoms with Crippen LogP contribution >= 0.6 is 24.0 Å². The fourth-order valence-corrected chi connectivity index (χ4v) is 2.88. The first-order valence-corrected chi connectivity index (χ1v) is 8.91. The summed E-state index contributed by atoms with van der Waals surface area (Å²) in [4.78, 5) is 23.9. The number of hydrogen-bond acceptors (Lipinski definition) is 5. The lowest BCUT2D eigenvalue weighted by Crippen LogP contribution is -2.49. The Balaban J connectivity index is 0.00000480. The van der Waals surface area contributed by atoms with Crippen molar-refractivity contribution >= 4 is 35.9 Å². The normalized spacial score (nSPS) is 14.0. The van der Waals surface area contributed by atoms with Crippen LogP contribution in [0.1, 0.15) is 17.2 Å². The third kappa shape index (κ3) is 8.25. The average molecular weight is 483 g/mol. The molecule has 0 heterocycles. The number of amides is 1. The first-order valence-electron chi connectivity index (χ1n) is 8.53. The zero-order valence-corrected chi connectivity index (χ0v) is 17.2. The molecule has 0 aliphatic rings. The van der Waals surface area contributed by atoms with Gasteiger partial charge >= 0.3 is 12.3 Å². The highest BCUT2D eigenvalue weighted by Gasteiger charge is 2.33. The summed E-state index contributed by atoms with van der Waals surface area (Å²) in [5.74, 6) is -3.46. The lowest BCUT2D eigenvalue weighted by Gasteiger charge is -2.22. The van der Waals surface area contributed by atoms with Gasteiger partial charge in [0.15, 0.2) is 6.04 Å². The van der Waals surface area contributed by atoms with E-state index in [1.165, 1.54) is 0 Å². The SMILES string of the molecule is Cl.N[C@H](Cc1ccccc1)[C@H](O)C(=O)N[C@@H](C(=O)O)c1cc(Cl)cc(OC(F)(F)F)c1. The summed E-state index contributed by atoms with van der Waals surface area (Å²) in [6.07, 6.45) is -6.66. The minimum absolute atomic E-state index is 0. The fourth-order valence-electron chi connectivity index (χ4n) is 2.65. The molecule has 0 fully saturated rings. The molecule has 3 atom stereocenters. The Morgan fingerprint density at radius 2 is 1.77 bits per heavy atom. The van der Waals surface area contributed by atoms with Gasteiger partial charge in [0.05, 0.1) is 0 Å². The van der Waals surface area contributed by atoms with Gasteiger partial charge in [0.1, 0.15) is 11.9 Å². The zero-order valence-electron chi connectivity index (χ0n) is 15.7. The lowest BCUT2D eigenvalue weighted by atomic mass is 10.0. The van der Waals surface area contributed by atoms with Crippen LogP contribution in [0.15, 0.2) is 48.5 Å². The van der Waals surface area contributed by atoms with Crippen LogP contribution in [-0.4, -0.2) is 40.6 Å². The summed E-state index contributed by atoms with van der Waals surface area (Å²) >= 11 is 5.75. The molecule has 0 aliphatic heterocycles. The standard InChI is InChI=1S/C19H18ClF3N2O5.ClH/c20-12-7-11(8-13(9-12)30-19(21,22)23)15(18(28)29)25-17(27)16(26)14(24)6-10-4-2-1-3-5-10;/h1-5,7-9,14-16,26H,6,24H2,(H,25,27)(H,28,29);1H/t14-,15-,16+;/m1./s1. The third-order valence-corrected chi connectivity index (χ3v) is 4.20. The highest BCUT2D eigenvalue weighted by molar-refractivity contribution is 6.30. The van der Waals surface area contributed by atoms with Crippen molar-refractivity contribution in [3.63, 3.8) is 0 Å². The second kappa shape index (κ2) is 11.2. The quantitative estimate of drug-likeness (QED) is 0.458. The van der Waals surface area contributed by atoms with E-state index in [1.807, 2.05) is 0 Å². The molecule has 31 heavy (non-hydrogen) atoms. The molecule has 0 saturated carbocycles. The summed E-state index contributed by atoms with van der Waals surface area (Å²) in [6, 6.07) is 8.55. The Hall–Kier alpha value is -2.53. The van der Waals surface area contributed by atoms with Gasteiger partial charge in [0.25, 0.3) is 5.91 Å². The number of carbonyl (C=O) groups excluding carboxylic acids is 1. The summed E-state index contributed by atoms with van der Waals surface area (Å²) in [5, 5.41) is 21.4. The average Bonchev–Trinajstić information content (AvgIpc) is 2.63. The van der Waals surface area contributed by atoms with Gasteiger partial charge in [0.2, 0.25) is 0 Å². The highest BCUT2D eigenvalue weighted by Crippen LogP contribution is 2.29. The van der Waals surface area contributed by atoms with Crippen molar-refractivity contribution in [1.29, 1.82) is 0 Å². The molecule has 2 rings (SSSR count). The molecule has 1 amide bonds. The van der Waals surface area contributed by atoms with E-state index in [0.29, 0.717) is 0 Å². The van der Waals surface area contributed by atoms with E-state index in [9.17, 15) is 33.0 Å². The number of ether oxygens (including phenoxy) is 1. The number of benzene rings is 2. The summed E-state index contributed by atoms with van der Waals surface area (Å²) < 4.78 is 41.1. The number of aliphatic hydroxyl groups is 1. The lowest BCUT2D eigenvalue weighted by molar-refractivity contribution is -0.274. The van der Waals surface area contributed by atoms with Crippen molar-refractivity contribution in [2.45, 2.75) is 31.0 Å².